The fraction of sp³-hybridized carbons (Fsp3) is 0.292. The van der Waals surface area contributed by atoms with E-state index in [1.807, 2.05) is 6.07 Å². The van der Waals surface area contributed by atoms with Crippen molar-refractivity contribution in [3.63, 3.8) is 0 Å². The highest BCUT2D eigenvalue weighted by molar-refractivity contribution is 6.34. The molecule has 1 fully saturated rings. The van der Waals surface area contributed by atoms with Crippen molar-refractivity contribution in [1.82, 2.24) is 25.5 Å². The van der Waals surface area contributed by atoms with E-state index < -0.39 is 35.7 Å². The number of aromatic amines is 1. The number of hydrogen-bond acceptors (Lipinski definition) is 5. The van der Waals surface area contributed by atoms with Crippen molar-refractivity contribution < 1.29 is 19.2 Å². The zero-order valence-electron chi connectivity index (χ0n) is 19.3. The number of nitrogens with one attached hydrogen (secondary N) is 3. The van der Waals surface area contributed by atoms with Gasteiger partial charge in [0.05, 0.1) is 34.2 Å². The van der Waals surface area contributed by atoms with Gasteiger partial charge in [0.25, 0.3) is 11.8 Å². The number of primary amides is 1. The lowest BCUT2D eigenvalue weighted by atomic mass is 10.1. The van der Waals surface area contributed by atoms with Gasteiger partial charge in [-0.3, -0.25) is 19.2 Å². The highest BCUT2D eigenvalue weighted by Gasteiger charge is 2.35. The van der Waals surface area contributed by atoms with E-state index in [1.54, 1.807) is 19.1 Å². The number of H-pyrrole nitrogens is 1. The molecule has 36 heavy (non-hydrogen) atoms. The average Bonchev–Trinajstić information content (AvgIpc) is 3.49. The minimum Gasteiger partial charge on any atom is -0.368 e. The van der Waals surface area contributed by atoms with Crippen molar-refractivity contribution in [1.29, 1.82) is 0 Å². The van der Waals surface area contributed by atoms with Gasteiger partial charge < -0.3 is 26.3 Å². The molecule has 1 saturated heterocycles. The molecule has 0 unspecified atom stereocenters. The number of nitrogens with zero attached hydrogens (tertiary/aromatic N) is 2. The zero-order valence-corrected chi connectivity index (χ0v) is 20.8. The topological polar surface area (TPSA) is 150 Å². The maximum Gasteiger partial charge on any atom is 0.256 e. The van der Waals surface area contributed by atoms with Crippen LogP contribution in [0.3, 0.4) is 0 Å². The number of fused-ring (bicyclic) bond motifs is 1. The van der Waals surface area contributed by atoms with Crippen molar-refractivity contribution in [2.75, 3.05) is 13.1 Å². The number of likely N-dealkylation sites (tertiary alicyclic amines) is 1. The fourth-order valence-corrected chi connectivity index (χ4v) is 4.54. The number of nitrogens with two attached hydrogens (primary N) is 1. The Morgan fingerprint density at radius 2 is 1.97 bits per heavy atom. The second-order valence-electron chi connectivity index (χ2n) is 8.51. The average molecular weight is 531 g/mol. The second-order valence-corrected chi connectivity index (χ2v) is 9.36. The van der Waals surface area contributed by atoms with Crippen LogP contribution in [0, 0.1) is 0 Å². The smallest absolute Gasteiger partial charge is 0.256 e. The lowest BCUT2D eigenvalue weighted by molar-refractivity contribution is -0.127. The molecule has 188 valence electrons. The van der Waals surface area contributed by atoms with Crippen LogP contribution in [0.4, 0.5) is 0 Å². The van der Waals surface area contributed by atoms with E-state index in [-0.39, 0.29) is 22.7 Å². The quantitative estimate of drug-likeness (QED) is 0.370. The lowest BCUT2D eigenvalue weighted by Gasteiger charge is -2.24. The number of carbonyl (C=O) groups is 4. The molecule has 1 aromatic heterocycles. The predicted molar refractivity (Wildman–Crippen MR) is 135 cm³/mol. The Morgan fingerprint density at radius 1 is 1.19 bits per heavy atom. The zero-order chi connectivity index (χ0) is 26.0. The standard InChI is InChI=1S/C24H24Cl2N6O4/c1-12(21-30-17-7-5-14(25)10-18(17)31-21)29-22(34)13-4-6-15(16(26)9-13)24(36)32-8-2-3-19(32)23(35)28-11-20(27)33/h4-7,9-10,12,19H,2-3,8,11H2,1H3,(H2,27,33)(H,28,35)(H,29,34)(H,30,31)/t12-,19+/m1/s1. The first-order chi connectivity index (χ1) is 17.1. The molecule has 2 atom stereocenters. The van der Waals surface area contributed by atoms with Crippen LogP contribution in [0.5, 0.6) is 0 Å². The van der Waals surface area contributed by atoms with Gasteiger partial charge in [-0.1, -0.05) is 23.2 Å². The molecule has 10 nitrogen and oxygen atoms in total. The van der Waals surface area contributed by atoms with Crippen molar-refractivity contribution >= 4 is 57.9 Å². The third-order valence-electron chi connectivity index (χ3n) is 5.94. The van der Waals surface area contributed by atoms with Crippen LogP contribution in [0.2, 0.25) is 10.0 Å². The van der Waals surface area contributed by atoms with Gasteiger partial charge in [-0.15, -0.1) is 0 Å². The van der Waals surface area contributed by atoms with E-state index >= 15 is 0 Å². The first kappa shape index (κ1) is 25.5. The van der Waals surface area contributed by atoms with E-state index in [9.17, 15) is 19.2 Å². The third kappa shape index (κ3) is 5.44. The molecule has 3 aromatic rings. The van der Waals surface area contributed by atoms with Crippen molar-refractivity contribution in [3.05, 3.63) is 63.4 Å². The molecule has 2 heterocycles. The van der Waals surface area contributed by atoms with Gasteiger partial charge in [-0.25, -0.2) is 4.98 Å². The van der Waals surface area contributed by atoms with Crippen LogP contribution in [-0.4, -0.2) is 57.6 Å². The SMILES string of the molecule is C[C@@H](NC(=O)c1ccc(C(=O)N2CCC[C@H]2C(=O)NCC(N)=O)c(Cl)c1)c1nc2cc(Cl)ccc2[nH]1. The van der Waals surface area contributed by atoms with E-state index in [1.165, 1.54) is 23.1 Å². The van der Waals surface area contributed by atoms with Gasteiger partial charge >= 0.3 is 0 Å². The summed E-state index contributed by atoms with van der Waals surface area (Å²) in [5.74, 6) is -1.39. The van der Waals surface area contributed by atoms with Gasteiger partial charge in [0.1, 0.15) is 11.9 Å². The summed E-state index contributed by atoms with van der Waals surface area (Å²) in [6.07, 6.45) is 1.09. The Balaban J connectivity index is 1.44. The van der Waals surface area contributed by atoms with Crippen LogP contribution in [0.25, 0.3) is 11.0 Å². The Morgan fingerprint density at radius 3 is 2.69 bits per heavy atom. The molecule has 4 rings (SSSR count). The highest BCUT2D eigenvalue weighted by Crippen LogP contribution is 2.26. The minimum absolute atomic E-state index is 0.0851. The first-order valence-electron chi connectivity index (χ1n) is 11.3. The maximum atomic E-state index is 13.1. The Labute approximate surface area is 216 Å². The summed E-state index contributed by atoms with van der Waals surface area (Å²) < 4.78 is 0. The number of hydrogen-bond donors (Lipinski definition) is 4. The van der Waals surface area contributed by atoms with Crippen molar-refractivity contribution in [3.8, 4) is 0 Å². The number of imidazole rings is 1. The summed E-state index contributed by atoms with van der Waals surface area (Å²) in [7, 11) is 0. The van der Waals surface area contributed by atoms with Crippen LogP contribution in [-0.2, 0) is 9.59 Å². The number of aromatic nitrogens is 2. The molecular formula is C24H24Cl2N6O4. The summed E-state index contributed by atoms with van der Waals surface area (Å²) in [4.78, 5) is 58.4. The molecule has 0 aliphatic carbocycles. The molecular weight excluding hydrogens is 507 g/mol. The molecule has 1 aliphatic heterocycles. The molecule has 5 N–H and O–H groups in total. The molecule has 12 heteroatoms. The van der Waals surface area contributed by atoms with E-state index in [0.717, 1.165) is 5.52 Å². The summed E-state index contributed by atoms with van der Waals surface area (Å²) in [5, 5.41) is 5.94. The molecule has 0 bridgehead atoms. The first-order valence-corrected chi connectivity index (χ1v) is 12.0. The highest BCUT2D eigenvalue weighted by atomic mass is 35.5. The molecule has 4 amide bonds. The van der Waals surface area contributed by atoms with Crippen LogP contribution >= 0.6 is 23.2 Å². The molecule has 2 aromatic carbocycles. The predicted octanol–water partition coefficient (Wildman–Crippen LogP) is 2.57. The van der Waals surface area contributed by atoms with Crippen molar-refractivity contribution in [2.45, 2.75) is 31.8 Å². The Bertz CT molecular complexity index is 1360. The van der Waals surface area contributed by atoms with Gasteiger partial charge in [0, 0.05) is 17.1 Å². The molecule has 0 radical (unpaired) electrons. The largest absolute Gasteiger partial charge is 0.368 e. The second kappa shape index (κ2) is 10.5. The van der Waals surface area contributed by atoms with E-state index in [2.05, 4.69) is 20.6 Å². The third-order valence-corrected chi connectivity index (χ3v) is 6.48. The normalized spacial score (nSPS) is 16.1. The van der Waals surface area contributed by atoms with Crippen LogP contribution < -0.4 is 16.4 Å². The van der Waals surface area contributed by atoms with Crippen molar-refractivity contribution in [2.24, 2.45) is 5.73 Å². The summed E-state index contributed by atoms with van der Waals surface area (Å²) in [6, 6.07) is 8.49. The minimum atomic E-state index is -0.726. The van der Waals surface area contributed by atoms with Crippen LogP contribution in [0.15, 0.2) is 36.4 Å². The fourth-order valence-electron chi connectivity index (χ4n) is 4.11. The van der Waals surface area contributed by atoms with Gasteiger partial charge in [-0.2, -0.15) is 0 Å². The molecule has 0 spiro atoms. The number of rotatable bonds is 7. The number of carbonyl (C=O) groups excluding carboxylic acids is 4. The number of amides is 4. The van der Waals surface area contributed by atoms with E-state index in [0.29, 0.717) is 35.8 Å². The number of benzene rings is 2. The Kier molecular flexibility index (Phi) is 7.46. The summed E-state index contributed by atoms with van der Waals surface area (Å²) in [6.45, 7) is 1.85. The van der Waals surface area contributed by atoms with Gasteiger partial charge in [0.2, 0.25) is 11.8 Å². The lowest BCUT2D eigenvalue weighted by Crippen LogP contribution is -2.47. The van der Waals surface area contributed by atoms with Gasteiger partial charge in [0.15, 0.2) is 0 Å². The molecule has 0 saturated carbocycles. The Hall–Kier alpha value is -3.63. The monoisotopic (exact) mass is 530 g/mol. The maximum absolute atomic E-state index is 13.1. The summed E-state index contributed by atoms with van der Waals surface area (Å²) >= 11 is 12.4. The summed E-state index contributed by atoms with van der Waals surface area (Å²) in [5.41, 5.74) is 6.99. The molecule has 1 aliphatic rings. The van der Waals surface area contributed by atoms with Crippen LogP contribution in [0.1, 0.15) is 52.3 Å². The van der Waals surface area contributed by atoms with E-state index in [4.69, 9.17) is 28.9 Å². The van der Waals surface area contributed by atoms with Gasteiger partial charge in [-0.05, 0) is 56.2 Å². The number of halogens is 2.